The fourth-order valence-corrected chi connectivity index (χ4v) is 4.48. The van der Waals surface area contributed by atoms with Gasteiger partial charge in [-0.15, -0.1) is 0 Å². The Hall–Kier alpha value is -1.91. The van der Waals surface area contributed by atoms with Crippen molar-refractivity contribution in [2.24, 2.45) is 0 Å². The first kappa shape index (κ1) is 15.5. The van der Waals surface area contributed by atoms with Crippen LogP contribution in [0.2, 0.25) is 0 Å². The number of rotatable bonds is 3. The first-order chi connectivity index (χ1) is 9.73. The van der Waals surface area contributed by atoms with Gasteiger partial charge in [-0.2, -0.15) is 9.57 Å². The molecule has 0 bridgehead atoms. The van der Waals surface area contributed by atoms with Crippen molar-refractivity contribution < 1.29 is 18.3 Å². The highest BCUT2D eigenvalue weighted by molar-refractivity contribution is 7.89. The number of carboxylic acids is 1. The standard InChI is InChI=1S/C14H16N2O4S/c1-10-8-12(5-4-11(10)9-15)21(19,20)16-7-3-6-14(16,2)13(17)18/h4-5,8H,3,6-7H2,1-2H3,(H,17,18). The molecule has 1 aromatic rings. The molecule has 1 fully saturated rings. The fraction of sp³-hybridized carbons (Fsp3) is 0.429. The second kappa shape index (κ2) is 5.13. The van der Waals surface area contributed by atoms with Crippen molar-refractivity contribution in [3.8, 4) is 6.07 Å². The predicted molar refractivity (Wildman–Crippen MR) is 75.1 cm³/mol. The Labute approximate surface area is 123 Å². The molecule has 0 spiro atoms. The average Bonchev–Trinajstić information content (AvgIpc) is 2.83. The number of benzene rings is 1. The lowest BCUT2D eigenvalue weighted by Gasteiger charge is -2.30. The molecule has 1 saturated heterocycles. The molecule has 1 aliphatic heterocycles. The zero-order valence-corrected chi connectivity index (χ0v) is 12.6. The van der Waals surface area contributed by atoms with Crippen LogP contribution in [-0.2, 0) is 14.8 Å². The minimum Gasteiger partial charge on any atom is -0.480 e. The summed E-state index contributed by atoms with van der Waals surface area (Å²) in [7, 11) is -3.90. The van der Waals surface area contributed by atoms with E-state index in [1.165, 1.54) is 25.1 Å². The van der Waals surface area contributed by atoms with Gasteiger partial charge in [-0.05, 0) is 50.5 Å². The fourth-order valence-electron chi connectivity index (χ4n) is 2.59. The summed E-state index contributed by atoms with van der Waals surface area (Å²) in [6.07, 6.45) is 0.800. The molecule has 1 atom stereocenters. The van der Waals surface area contributed by atoms with Crippen LogP contribution in [0.25, 0.3) is 0 Å². The Balaban J connectivity index is 2.50. The first-order valence-electron chi connectivity index (χ1n) is 6.50. The minimum absolute atomic E-state index is 0.0216. The van der Waals surface area contributed by atoms with Crippen molar-refractivity contribution in [2.45, 2.75) is 37.1 Å². The van der Waals surface area contributed by atoms with E-state index < -0.39 is 21.5 Å². The van der Waals surface area contributed by atoms with Crippen molar-refractivity contribution in [3.63, 3.8) is 0 Å². The molecule has 0 amide bonds. The Morgan fingerprint density at radius 2 is 2.14 bits per heavy atom. The highest BCUT2D eigenvalue weighted by atomic mass is 32.2. The topological polar surface area (TPSA) is 98.5 Å². The quantitative estimate of drug-likeness (QED) is 0.912. The minimum atomic E-state index is -3.90. The van der Waals surface area contributed by atoms with Gasteiger partial charge in [0.05, 0.1) is 16.5 Å². The lowest BCUT2D eigenvalue weighted by Crippen LogP contribution is -2.50. The molecule has 0 aromatic heterocycles. The maximum Gasteiger partial charge on any atom is 0.324 e. The number of sulfonamides is 1. The summed E-state index contributed by atoms with van der Waals surface area (Å²) >= 11 is 0. The van der Waals surface area contributed by atoms with Crippen LogP contribution < -0.4 is 0 Å². The largest absolute Gasteiger partial charge is 0.480 e. The summed E-state index contributed by atoms with van der Waals surface area (Å²) in [5, 5.41) is 18.2. The second-order valence-corrected chi connectivity index (χ2v) is 7.21. The van der Waals surface area contributed by atoms with Gasteiger partial charge in [0.1, 0.15) is 5.54 Å². The zero-order valence-electron chi connectivity index (χ0n) is 11.8. The number of nitrogens with zero attached hydrogens (tertiary/aromatic N) is 2. The summed E-state index contributed by atoms with van der Waals surface area (Å²) in [5.41, 5.74) is -0.466. The summed E-state index contributed by atoms with van der Waals surface area (Å²) in [6, 6.07) is 6.18. The molecule has 0 saturated carbocycles. The van der Waals surface area contributed by atoms with Gasteiger partial charge in [-0.3, -0.25) is 4.79 Å². The maximum absolute atomic E-state index is 12.7. The van der Waals surface area contributed by atoms with E-state index in [4.69, 9.17) is 5.26 Å². The number of carbonyl (C=O) groups is 1. The van der Waals surface area contributed by atoms with E-state index in [9.17, 15) is 18.3 Å². The van der Waals surface area contributed by atoms with E-state index in [1.807, 2.05) is 6.07 Å². The van der Waals surface area contributed by atoms with E-state index in [0.29, 0.717) is 17.5 Å². The van der Waals surface area contributed by atoms with Gasteiger partial charge < -0.3 is 5.11 Å². The molecule has 112 valence electrons. The average molecular weight is 308 g/mol. The van der Waals surface area contributed by atoms with E-state index in [-0.39, 0.29) is 17.9 Å². The lowest BCUT2D eigenvalue weighted by atomic mass is 10.0. The third-order valence-corrected chi connectivity index (χ3v) is 5.96. The SMILES string of the molecule is Cc1cc(S(=O)(=O)N2CCCC2(C)C(=O)O)ccc1C#N. The van der Waals surface area contributed by atoms with Crippen molar-refractivity contribution in [1.82, 2.24) is 4.31 Å². The van der Waals surface area contributed by atoms with Crippen LogP contribution >= 0.6 is 0 Å². The number of aryl methyl sites for hydroxylation is 1. The van der Waals surface area contributed by atoms with Crippen molar-refractivity contribution in [3.05, 3.63) is 29.3 Å². The van der Waals surface area contributed by atoms with Crippen molar-refractivity contribution >= 4 is 16.0 Å². The molecule has 1 unspecified atom stereocenters. The number of nitriles is 1. The Kier molecular flexibility index (Phi) is 3.78. The third kappa shape index (κ3) is 2.41. The van der Waals surface area contributed by atoms with Crippen molar-refractivity contribution in [1.29, 1.82) is 5.26 Å². The van der Waals surface area contributed by atoms with E-state index >= 15 is 0 Å². The van der Waals surface area contributed by atoms with Gasteiger partial charge in [-0.25, -0.2) is 8.42 Å². The molecule has 0 radical (unpaired) electrons. The number of hydrogen-bond donors (Lipinski definition) is 1. The number of hydrogen-bond acceptors (Lipinski definition) is 4. The summed E-state index contributed by atoms with van der Waals surface area (Å²) in [4.78, 5) is 11.5. The summed E-state index contributed by atoms with van der Waals surface area (Å²) in [5.74, 6) is -1.14. The number of aliphatic carboxylic acids is 1. The van der Waals surface area contributed by atoms with Crippen LogP contribution in [0.4, 0.5) is 0 Å². The van der Waals surface area contributed by atoms with Crippen LogP contribution in [0.5, 0.6) is 0 Å². The van der Waals surface area contributed by atoms with Gasteiger partial charge >= 0.3 is 5.97 Å². The third-order valence-electron chi connectivity index (χ3n) is 3.94. The van der Waals surface area contributed by atoms with Gasteiger partial charge in [-0.1, -0.05) is 0 Å². The van der Waals surface area contributed by atoms with E-state index in [1.54, 1.807) is 6.92 Å². The van der Waals surface area contributed by atoms with Crippen LogP contribution in [0.15, 0.2) is 23.1 Å². The Morgan fingerprint density at radius 1 is 1.48 bits per heavy atom. The van der Waals surface area contributed by atoms with Gasteiger partial charge in [0.25, 0.3) is 0 Å². The van der Waals surface area contributed by atoms with Crippen LogP contribution in [0, 0.1) is 18.3 Å². The molecule has 1 aliphatic rings. The predicted octanol–water partition coefficient (Wildman–Crippen LogP) is 1.49. The smallest absolute Gasteiger partial charge is 0.324 e. The maximum atomic E-state index is 12.7. The Bertz CT molecular complexity index is 736. The molecule has 2 rings (SSSR count). The Morgan fingerprint density at radius 3 is 2.67 bits per heavy atom. The number of carboxylic acid groups (broad SMARTS) is 1. The van der Waals surface area contributed by atoms with Crippen LogP contribution in [0.3, 0.4) is 0 Å². The second-order valence-electron chi connectivity index (χ2n) is 5.35. The normalized spacial score (nSPS) is 22.9. The highest BCUT2D eigenvalue weighted by Gasteiger charge is 2.49. The molecular formula is C14H16N2O4S. The van der Waals surface area contributed by atoms with E-state index in [2.05, 4.69) is 0 Å². The van der Waals surface area contributed by atoms with Gasteiger partial charge in [0.2, 0.25) is 10.0 Å². The molecule has 1 N–H and O–H groups in total. The zero-order chi connectivity index (χ0) is 15.8. The summed E-state index contributed by atoms with van der Waals surface area (Å²) in [6.45, 7) is 3.26. The summed E-state index contributed by atoms with van der Waals surface area (Å²) < 4.78 is 26.4. The molecule has 1 aromatic carbocycles. The van der Waals surface area contributed by atoms with Crippen molar-refractivity contribution in [2.75, 3.05) is 6.54 Å². The van der Waals surface area contributed by atoms with Crippen LogP contribution in [-0.4, -0.2) is 35.9 Å². The first-order valence-corrected chi connectivity index (χ1v) is 7.94. The van der Waals surface area contributed by atoms with Gasteiger partial charge in [0, 0.05) is 6.54 Å². The molecule has 7 heteroatoms. The molecule has 0 aliphatic carbocycles. The molecule has 1 heterocycles. The van der Waals surface area contributed by atoms with Crippen LogP contribution in [0.1, 0.15) is 30.9 Å². The highest BCUT2D eigenvalue weighted by Crippen LogP contribution is 2.35. The van der Waals surface area contributed by atoms with E-state index in [0.717, 1.165) is 4.31 Å². The molecule has 21 heavy (non-hydrogen) atoms. The monoisotopic (exact) mass is 308 g/mol. The molecular weight excluding hydrogens is 292 g/mol. The van der Waals surface area contributed by atoms with Gasteiger partial charge in [0.15, 0.2) is 0 Å². The lowest BCUT2D eigenvalue weighted by molar-refractivity contribution is -0.146. The molecule has 6 nitrogen and oxygen atoms in total.